The van der Waals surface area contributed by atoms with E-state index in [1.54, 1.807) is 0 Å². The van der Waals surface area contributed by atoms with Gasteiger partial charge in [0.15, 0.2) is 0 Å². The summed E-state index contributed by atoms with van der Waals surface area (Å²) in [5.41, 5.74) is 0. The molecule has 16 heavy (non-hydrogen) atoms. The maximum absolute atomic E-state index is 11.8. The monoisotopic (exact) mass is 226 g/mol. The third-order valence-corrected chi connectivity index (χ3v) is 3.56. The van der Waals surface area contributed by atoms with Gasteiger partial charge in [0.1, 0.15) is 0 Å². The molecule has 0 bridgehead atoms. The van der Waals surface area contributed by atoms with Gasteiger partial charge < -0.3 is 9.64 Å². The second kappa shape index (κ2) is 5.64. The number of carbonyl (C=O) groups is 1. The molecule has 0 radical (unpaired) electrons. The predicted octanol–water partition coefficient (Wildman–Crippen LogP) is 1.11. The summed E-state index contributed by atoms with van der Waals surface area (Å²) >= 11 is 0. The molecule has 1 amide bonds. The zero-order chi connectivity index (χ0) is 11.4. The van der Waals surface area contributed by atoms with E-state index >= 15 is 0 Å². The predicted molar refractivity (Wildman–Crippen MR) is 62.0 cm³/mol. The minimum absolute atomic E-state index is 0.0338. The molecule has 2 aliphatic rings. The highest BCUT2D eigenvalue weighted by atomic mass is 16.5. The number of hydrogen-bond acceptors (Lipinski definition) is 3. The fourth-order valence-electron chi connectivity index (χ4n) is 2.50. The van der Waals surface area contributed by atoms with E-state index in [-0.39, 0.29) is 11.9 Å². The van der Waals surface area contributed by atoms with Crippen LogP contribution in [-0.2, 0) is 9.53 Å². The van der Waals surface area contributed by atoms with E-state index in [0.29, 0.717) is 19.4 Å². The van der Waals surface area contributed by atoms with Crippen LogP contribution in [0.25, 0.3) is 0 Å². The van der Waals surface area contributed by atoms with E-state index in [9.17, 15) is 4.79 Å². The average Bonchev–Trinajstić information content (AvgIpc) is 2.90. The van der Waals surface area contributed by atoms with Crippen LogP contribution in [0.4, 0.5) is 0 Å². The molecule has 0 spiro atoms. The quantitative estimate of drug-likeness (QED) is 0.763. The number of ether oxygens (including phenoxy) is 1. The molecule has 0 aromatic heterocycles. The van der Waals surface area contributed by atoms with Crippen molar-refractivity contribution in [2.24, 2.45) is 0 Å². The lowest BCUT2D eigenvalue weighted by Crippen LogP contribution is -2.33. The summed E-state index contributed by atoms with van der Waals surface area (Å²) in [5.74, 6) is 0.234. The standard InChI is InChI=1S/C12H22N2O2/c1-2-11-12(15)14(9-13-11)7-8-16-10-5-3-4-6-10/h10-11,13H,2-9H2,1H3. The Morgan fingerprint density at radius 3 is 2.81 bits per heavy atom. The first-order chi connectivity index (χ1) is 7.81. The normalized spacial score (nSPS) is 26.9. The first-order valence-electron chi connectivity index (χ1n) is 6.45. The SMILES string of the molecule is CCC1NCN(CCOC2CCCC2)C1=O. The topological polar surface area (TPSA) is 41.6 Å². The third kappa shape index (κ3) is 2.74. The van der Waals surface area contributed by atoms with Crippen molar-refractivity contribution < 1.29 is 9.53 Å². The van der Waals surface area contributed by atoms with Crippen LogP contribution in [0.2, 0.25) is 0 Å². The lowest BCUT2D eigenvalue weighted by Gasteiger charge is -2.17. The van der Waals surface area contributed by atoms with Gasteiger partial charge in [-0.3, -0.25) is 10.1 Å². The molecule has 4 nitrogen and oxygen atoms in total. The zero-order valence-corrected chi connectivity index (χ0v) is 10.1. The van der Waals surface area contributed by atoms with Crippen molar-refractivity contribution in [3.05, 3.63) is 0 Å². The van der Waals surface area contributed by atoms with Gasteiger partial charge in [-0.15, -0.1) is 0 Å². The molecule has 92 valence electrons. The van der Waals surface area contributed by atoms with E-state index in [4.69, 9.17) is 4.74 Å². The average molecular weight is 226 g/mol. The van der Waals surface area contributed by atoms with Crippen molar-refractivity contribution >= 4 is 5.91 Å². The Kier molecular flexibility index (Phi) is 4.18. The molecule has 1 saturated carbocycles. The highest BCUT2D eigenvalue weighted by Crippen LogP contribution is 2.20. The van der Waals surface area contributed by atoms with Crippen LogP contribution in [0.3, 0.4) is 0 Å². The molecule has 1 aliphatic carbocycles. The molecule has 1 atom stereocenters. The Hall–Kier alpha value is -0.610. The molecule has 2 rings (SSSR count). The van der Waals surface area contributed by atoms with Crippen LogP contribution >= 0.6 is 0 Å². The van der Waals surface area contributed by atoms with Gasteiger partial charge in [0, 0.05) is 6.54 Å². The van der Waals surface area contributed by atoms with Gasteiger partial charge in [-0.1, -0.05) is 19.8 Å². The van der Waals surface area contributed by atoms with E-state index in [1.165, 1.54) is 25.7 Å². The van der Waals surface area contributed by atoms with Crippen LogP contribution in [0.5, 0.6) is 0 Å². The van der Waals surface area contributed by atoms with Crippen molar-refractivity contribution in [2.45, 2.75) is 51.2 Å². The van der Waals surface area contributed by atoms with Gasteiger partial charge in [0.05, 0.1) is 25.4 Å². The lowest BCUT2D eigenvalue weighted by molar-refractivity contribution is -0.129. The summed E-state index contributed by atoms with van der Waals surface area (Å²) in [4.78, 5) is 13.6. The number of amides is 1. The van der Waals surface area contributed by atoms with Gasteiger partial charge in [0.2, 0.25) is 5.91 Å². The maximum Gasteiger partial charge on any atom is 0.240 e. The largest absolute Gasteiger partial charge is 0.376 e. The van der Waals surface area contributed by atoms with Crippen LogP contribution in [0.1, 0.15) is 39.0 Å². The van der Waals surface area contributed by atoms with Crippen molar-refractivity contribution in [3.63, 3.8) is 0 Å². The Morgan fingerprint density at radius 2 is 2.19 bits per heavy atom. The van der Waals surface area contributed by atoms with Gasteiger partial charge in [-0.25, -0.2) is 0 Å². The van der Waals surface area contributed by atoms with Gasteiger partial charge >= 0.3 is 0 Å². The zero-order valence-electron chi connectivity index (χ0n) is 10.1. The summed E-state index contributed by atoms with van der Waals surface area (Å²) in [6.07, 6.45) is 6.32. The molecular formula is C12H22N2O2. The lowest BCUT2D eigenvalue weighted by atomic mass is 10.2. The highest BCUT2D eigenvalue weighted by molar-refractivity contribution is 5.83. The molecular weight excluding hydrogens is 204 g/mol. The van der Waals surface area contributed by atoms with Crippen molar-refractivity contribution in [2.75, 3.05) is 19.8 Å². The molecule has 4 heteroatoms. The van der Waals surface area contributed by atoms with Crippen LogP contribution in [0, 0.1) is 0 Å². The van der Waals surface area contributed by atoms with E-state index in [1.807, 2.05) is 11.8 Å². The minimum atomic E-state index is 0.0338. The molecule has 1 unspecified atom stereocenters. The molecule has 1 aliphatic heterocycles. The Bertz CT molecular complexity index is 239. The number of nitrogens with zero attached hydrogens (tertiary/aromatic N) is 1. The second-order valence-electron chi connectivity index (χ2n) is 4.70. The minimum Gasteiger partial charge on any atom is -0.376 e. The van der Waals surface area contributed by atoms with Gasteiger partial charge in [-0.2, -0.15) is 0 Å². The van der Waals surface area contributed by atoms with Crippen molar-refractivity contribution in [1.82, 2.24) is 10.2 Å². The fraction of sp³-hybridized carbons (Fsp3) is 0.917. The van der Waals surface area contributed by atoms with E-state index in [2.05, 4.69) is 5.32 Å². The first-order valence-corrected chi connectivity index (χ1v) is 6.45. The summed E-state index contributed by atoms with van der Waals surface area (Å²) in [5, 5.41) is 3.21. The van der Waals surface area contributed by atoms with Crippen LogP contribution in [0.15, 0.2) is 0 Å². The fourth-order valence-corrected chi connectivity index (χ4v) is 2.50. The first kappa shape index (κ1) is 11.9. The van der Waals surface area contributed by atoms with E-state index in [0.717, 1.165) is 13.0 Å². The number of carbonyl (C=O) groups excluding carboxylic acids is 1. The van der Waals surface area contributed by atoms with Crippen molar-refractivity contribution in [3.8, 4) is 0 Å². The van der Waals surface area contributed by atoms with Gasteiger partial charge in [0.25, 0.3) is 0 Å². The summed E-state index contributed by atoms with van der Waals surface area (Å²) < 4.78 is 5.76. The molecule has 0 aromatic rings. The summed E-state index contributed by atoms with van der Waals surface area (Å²) in [6, 6.07) is 0.0338. The highest BCUT2D eigenvalue weighted by Gasteiger charge is 2.29. The molecule has 2 fully saturated rings. The number of nitrogens with one attached hydrogen (secondary N) is 1. The Morgan fingerprint density at radius 1 is 1.44 bits per heavy atom. The third-order valence-electron chi connectivity index (χ3n) is 3.56. The molecule has 1 saturated heterocycles. The second-order valence-corrected chi connectivity index (χ2v) is 4.70. The Labute approximate surface area is 97.3 Å². The van der Waals surface area contributed by atoms with Gasteiger partial charge in [-0.05, 0) is 19.3 Å². The van der Waals surface area contributed by atoms with Crippen LogP contribution in [-0.4, -0.2) is 42.8 Å². The van der Waals surface area contributed by atoms with Crippen molar-refractivity contribution in [1.29, 1.82) is 0 Å². The van der Waals surface area contributed by atoms with Crippen LogP contribution < -0.4 is 5.32 Å². The maximum atomic E-state index is 11.8. The summed E-state index contributed by atoms with van der Waals surface area (Å²) in [6.45, 7) is 4.15. The van der Waals surface area contributed by atoms with E-state index < -0.39 is 0 Å². The smallest absolute Gasteiger partial charge is 0.240 e. The number of hydrogen-bond donors (Lipinski definition) is 1. The molecule has 1 N–H and O–H groups in total. The Balaban J connectivity index is 1.64. The summed E-state index contributed by atoms with van der Waals surface area (Å²) in [7, 11) is 0. The molecule has 0 aromatic carbocycles. The number of rotatable bonds is 5. The molecule has 1 heterocycles.